The molecule has 84 valence electrons. The molecular formula is C12H15N3O. The predicted octanol–water partition coefficient (Wildman–Crippen LogP) is 2.89. The van der Waals surface area contributed by atoms with Gasteiger partial charge in [-0.05, 0) is 25.0 Å². The molecule has 1 saturated carbocycles. The lowest BCUT2D eigenvalue weighted by atomic mass is 9.91. The number of para-hydroxylation sites is 2. The van der Waals surface area contributed by atoms with Crippen LogP contribution in [0.1, 0.15) is 25.7 Å². The molecule has 1 N–H and O–H groups in total. The average molecular weight is 217 g/mol. The van der Waals surface area contributed by atoms with E-state index in [1.54, 1.807) is 6.07 Å². The average Bonchev–Trinajstić information content (AvgIpc) is 2.74. The summed E-state index contributed by atoms with van der Waals surface area (Å²) in [5.74, 6) is 0.285. The number of aromatic hydroxyl groups is 1. The molecule has 1 aromatic carbocycles. The van der Waals surface area contributed by atoms with Gasteiger partial charge < -0.3 is 5.11 Å². The fourth-order valence-corrected chi connectivity index (χ4v) is 2.58. The zero-order valence-corrected chi connectivity index (χ0v) is 9.08. The summed E-state index contributed by atoms with van der Waals surface area (Å²) in [4.78, 5) is 0. The van der Waals surface area contributed by atoms with Gasteiger partial charge in [-0.25, -0.2) is 5.01 Å². The summed E-state index contributed by atoms with van der Waals surface area (Å²) in [7, 11) is 0. The normalized spacial score (nSPS) is 28.1. The molecule has 0 aromatic heterocycles. The van der Waals surface area contributed by atoms with Gasteiger partial charge in [-0.2, -0.15) is 5.11 Å². The van der Waals surface area contributed by atoms with Gasteiger partial charge in [-0.1, -0.05) is 30.2 Å². The van der Waals surface area contributed by atoms with Gasteiger partial charge in [-0.3, -0.25) is 0 Å². The number of benzene rings is 1. The van der Waals surface area contributed by atoms with E-state index in [4.69, 9.17) is 0 Å². The minimum absolute atomic E-state index is 0.285. The van der Waals surface area contributed by atoms with E-state index in [1.807, 2.05) is 23.2 Å². The molecule has 2 atom stereocenters. The maximum Gasteiger partial charge on any atom is 0.140 e. The molecule has 0 bridgehead atoms. The van der Waals surface area contributed by atoms with Crippen LogP contribution in [0.25, 0.3) is 0 Å². The first kappa shape index (κ1) is 9.63. The number of hydrogen-bond acceptors (Lipinski definition) is 4. The molecule has 16 heavy (non-hydrogen) atoms. The number of fused-ring (bicyclic) bond motifs is 1. The summed E-state index contributed by atoms with van der Waals surface area (Å²) in [5.41, 5.74) is 0.778. The third-order valence-corrected chi connectivity index (χ3v) is 3.43. The number of hydrogen-bond donors (Lipinski definition) is 1. The number of phenols is 1. The fraction of sp³-hybridized carbons (Fsp3) is 0.500. The number of nitrogens with zero attached hydrogens (tertiary/aromatic N) is 3. The van der Waals surface area contributed by atoms with Crippen molar-refractivity contribution in [1.29, 1.82) is 0 Å². The molecule has 0 spiro atoms. The molecule has 2 aliphatic rings. The topological polar surface area (TPSA) is 48.2 Å². The van der Waals surface area contributed by atoms with Crippen LogP contribution in [-0.4, -0.2) is 17.2 Å². The Balaban J connectivity index is 1.91. The Hall–Kier alpha value is -1.58. The second-order valence-electron chi connectivity index (χ2n) is 4.46. The smallest absolute Gasteiger partial charge is 0.140 e. The minimum Gasteiger partial charge on any atom is -0.506 e. The molecule has 0 radical (unpaired) electrons. The highest BCUT2D eigenvalue weighted by atomic mass is 16.3. The summed E-state index contributed by atoms with van der Waals surface area (Å²) < 4.78 is 0. The SMILES string of the molecule is Oc1ccccc1N1N=NC2CCCCC21. The molecule has 1 aliphatic heterocycles. The molecule has 1 heterocycles. The molecule has 1 aromatic rings. The Morgan fingerprint density at radius 1 is 1.19 bits per heavy atom. The molecule has 1 fully saturated rings. The second kappa shape index (κ2) is 3.77. The second-order valence-corrected chi connectivity index (χ2v) is 4.46. The van der Waals surface area contributed by atoms with Gasteiger partial charge in [0.05, 0.1) is 12.1 Å². The third kappa shape index (κ3) is 1.45. The van der Waals surface area contributed by atoms with Crippen molar-refractivity contribution >= 4 is 5.69 Å². The van der Waals surface area contributed by atoms with Gasteiger partial charge in [0.25, 0.3) is 0 Å². The summed E-state index contributed by atoms with van der Waals surface area (Å²) in [5, 5.41) is 20.2. The van der Waals surface area contributed by atoms with Crippen molar-refractivity contribution in [3.63, 3.8) is 0 Å². The van der Waals surface area contributed by atoms with Gasteiger partial charge in [0.2, 0.25) is 0 Å². The number of phenolic OH excluding ortho intramolecular Hbond substituents is 1. The number of rotatable bonds is 1. The highest BCUT2D eigenvalue weighted by Crippen LogP contribution is 2.37. The monoisotopic (exact) mass is 217 g/mol. The molecule has 4 heteroatoms. The van der Waals surface area contributed by atoms with E-state index >= 15 is 0 Å². The highest BCUT2D eigenvalue weighted by Gasteiger charge is 2.36. The molecule has 2 unspecified atom stereocenters. The van der Waals surface area contributed by atoms with Crippen molar-refractivity contribution in [2.75, 3.05) is 5.01 Å². The zero-order valence-electron chi connectivity index (χ0n) is 9.08. The van der Waals surface area contributed by atoms with Gasteiger partial charge in [0.15, 0.2) is 0 Å². The first-order chi connectivity index (χ1) is 7.86. The van der Waals surface area contributed by atoms with E-state index in [-0.39, 0.29) is 5.75 Å². The van der Waals surface area contributed by atoms with Gasteiger partial charge in [-0.15, -0.1) is 0 Å². The Morgan fingerprint density at radius 3 is 2.88 bits per heavy atom. The standard InChI is InChI=1S/C12H15N3O/c16-12-8-4-3-7-11(12)15-10-6-2-1-5-9(10)13-14-15/h3-4,7-10,16H,1-2,5-6H2. The lowest BCUT2D eigenvalue weighted by molar-refractivity contribution is 0.399. The predicted molar refractivity (Wildman–Crippen MR) is 61.5 cm³/mol. The van der Waals surface area contributed by atoms with Crippen molar-refractivity contribution < 1.29 is 5.11 Å². The molecule has 0 saturated heterocycles. The lowest BCUT2D eigenvalue weighted by Gasteiger charge is -2.29. The van der Waals surface area contributed by atoms with Crippen LogP contribution < -0.4 is 5.01 Å². The van der Waals surface area contributed by atoms with E-state index in [1.165, 1.54) is 12.8 Å². The molecule has 1 aliphatic carbocycles. The highest BCUT2D eigenvalue weighted by molar-refractivity contribution is 5.58. The van der Waals surface area contributed by atoms with Crippen molar-refractivity contribution in [2.45, 2.75) is 37.8 Å². The van der Waals surface area contributed by atoms with Crippen molar-refractivity contribution in [3.05, 3.63) is 24.3 Å². The van der Waals surface area contributed by atoms with Crippen LogP contribution in [0, 0.1) is 0 Å². The van der Waals surface area contributed by atoms with Gasteiger partial charge in [0.1, 0.15) is 11.4 Å². The van der Waals surface area contributed by atoms with Crippen molar-refractivity contribution in [3.8, 4) is 5.75 Å². The van der Waals surface area contributed by atoms with Crippen LogP contribution in [-0.2, 0) is 0 Å². The van der Waals surface area contributed by atoms with Crippen LogP contribution >= 0.6 is 0 Å². The maximum atomic E-state index is 9.82. The quantitative estimate of drug-likeness (QED) is 0.786. The van der Waals surface area contributed by atoms with Crippen LogP contribution in [0.3, 0.4) is 0 Å². The molecule has 4 nitrogen and oxygen atoms in total. The molecule has 0 amide bonds. The van der Waals surface area contributed by atoms with Gasteiger partial charge in [0, 0.05) is 0 Å². The molecular weight excluding hydrogens is 202 g/mol. The van der Waals surface area contributed by atoms with Crippen LogP contribution in [0.15, 0.2) is 34.6 Å². The van der Waals surface area contributed by atoms with Crippen molar-refractivity contribution in [2.24, 2.45) is 10.3 Å². The summed E-state index contributed by atoms with van der Waals surface area (Å²) in [6, 6.07) is 8.01. The Bertz CT molecular complexity index is 418. The largest absolute Gasteiger partial charge is 0.506 e. The Morgan fingerprint density at radius 2 is 2.00 bits per heavy atom. The maximum absolute atomic E-state index is 9.82. The van der Waals surface area contributed by atoms with E-state index < -0.39 is 0 Å². The van der Waals surface area contributed by atoms with Crippen LogP contribution in [0.4, 0.5) is 5.69 Å². The van der Waals surface area contributed by atoms with Gasteiger partial charge >= 0.3 is 0 Å². The Labute approximate surface area is 94.6 Å². The van der Waals surface area contributed by atoms with E-state index in [0.29, 0.717) is 12.1 Å². The minimum atomic E-state index is 0.285. The zero-order chi connectivity index (χ0) is 11.0. The summed E-state index contributed by atoms with van der Waals surface area (Å²) >= 11 is 0. The van der Waals surface area contributed by atoms with E-state index in [9.17, 15) is 5.11 Å². The third-order valence-electron chi connectivity index (χ3n) is 3.43. The summed E-state index contributed by atoms with van der Waals surface area (Å²) in [6.07, 6.45) is 4.72. The Kier molecular flexibility index (Phi) is 2.27. The lowest BCUT2D eigenvalue weighted by Crippen LogP contribution is -2.37. The van der Waals surface area contributed by atoms with Crippen molar-refractivity contribution in [1.82, 2.24) is 0 Å². The first-order valence-corrected chi connectivity index (χ1v) is 5.84. The number of anilines is 1. The molecule has 3 rings (SSSR count). The van der Waals surface area contributed by atoms with E-state index in [0.717, 1.165) is 18.5 Å². The van der Waals surface area contributed by atoms with Crippen LogP contribution in [0.5, 0.6) is 5.75 Å². The summed E-state index contributed by atoms with van der Waals surface area (Å²) in [6.45, 7) is 0. The first-order valence-electron chi connectivity index (χ1n) is 5.84. The van der Waals surface area contributed by atoms with E-state index in [2.05, 4.69) is 10.3 Å². The van der Waals surface area contributed by atoms with Crippen LogP contribution in [0.2, 0.25) is 0 Å². The fourth-order valence-electron chi connectivity index (χ4n) is 2.58.